The lowest BCUT2D eigenvalue weighted by Crippen LogP contribution is -2.29. The lowest BCUT2D eigenvalue weighted by atomic mass is 10.0. The molecule has 1 aliphatic heterocycles. The fourth-order valence-corrected chi connectivity index (χ4v) is 4.98. The molecule has 4 aromatic rings. The van der Waals surface area contributed by atoms with Gasteiger partial charge in [0, 0.05) is 22.5 Å². The Hall–Kier alpha value is -3.06. The molecular formula is C26H21Cl2N3O2S. The number of furan rings is 1. The molecule has 1 saturated heterocycles. The highest BCUT2D eigenvalue weighted by molar-refractivity contribution is 7.80. The Bertz CT molecular complexity index is 1310. The first-order valence-corrected chi connectivity index (χ1v) is 12.0. The fraction of sp³-hybridized carbons (Fsp3) is 0.154. The van der Waals surface area contributed by atoms with Gasteiger partial charge < -0.3 is 19.4 Å². The van der Waals surface area contributed by atoms with Crippen molar-refractivity contribution in [3.63, 3.8) is 0 Å². The molecule has 0 aliphatic carbocycles. The van der Waals surface area contributed by atoms with Gasteiger partial charge in [-0.25, -0.2) is 0 Å². The fourth-order valence-electron chi connectivity index (χ4n) is 4.14. The minimum Gasteiger partial charge on any atom is -0.494 e. The van der Waals surface area contributed by atoms with Gasteiger partial charge >= 0.3 is 0 Å². The summed E-state index contributed by atoms with van der Waals surface area (Å²) in [5.41, 5.74) is 2.56. The van der Waals surface area contributed by atoms with Crippen LogP contribution in [0.25, 0.3) is 11.3 Å². The summed E-state index contributed by atoms with van der Waals surface area (Å²) in [6.45, 7) is 2.57. The highest BCUT2D eigenvalue weighted by Gasteiger charge is 2.42. The van der Waals surface area contributed by atoms with E-state index in [2.05, 4.69) is 15.2 Å². The van der Waals surface area contributed by atoms with Crippen LogP contribution in [0.1, 0.15) is 30.5 Å². The van der Waals surface area contributed by atoms with Crippen LogP contribution in [0.5, 0.6) is 5.75 Å². The number of anilines is 1. The van der Waals surface area contributed by atoms with Gasteiger partial charge in [-0.3, -0.25) is 4.98 Å². The molecule has 172 valence electrons. The van der Waals surface area contributed by atoms with E-state index < -0.39 is 0 Å². The van der Waals surface area contributed by atoms with Crippen molar-refractivity contribution in [2.45, 2.75) is 19.0 Å². The van der Waals surface area contributed by atoms with E-state index in [-0.39, 0.29) is 12.1 Å². The molecule has 3 heterocycles. The molecule has 0 saturated carbocycles. The van der Waals surface area contributed by atoms with Crippen molar-refractivity contribution in [3.8, 4) is 17.1 Å². The molecule has 0 amide bonds. The second-order valence-corrected chi connectivity index (χ2v) is 8.98. The third-order valence-corrected chi connectivity index (χ3v) is 6.50. The number of pyridine rings is 1. The smallest absolute Gasteiger partial charge is 0.174 e. The first-order chi connectivity index (χ1) is 16.5. The average Bonchev–Trinajstić information content (AvgIpc) is 3.45. The van der Waals surface area contributed by atoms with Crippen molar-refractivity contribution >= 4 is 46.2 Å². The molecular weight excluding hydrogens is 489 g/mol. The van der Waals surface area contributed by atoms with Gasteiger partial charge in [0.2, 0.25) is 0 Å². The molecule has 1 N–H and O–H groups in total. The highest BCUT2D eigenvalue weighted by atomic mass is 35.5. The Labute approximate surface area is 213 Å². The lowest BCUT2D eigenvalue weighted by Gasteiger charge is -2.26. The van der Waals surface area contributed by atoms with Crippen LogP contribution in [-0.4, -0.2) is 16.7 Å². The zero-order chi connectivity index (χ0) is 23.7. The summed E-state index contributed by atoms with van der Waals surface area (Å²) in [4.78, 5) is 6.63. The average molecular weight is 510 g/mol. The monoisotopic (exact) mass is 509 g/mol. The second kappa shape index (κ2) is 9.66. The summed E-state index contributed by atoms with van der Waals surface area (Å²) >= 11 is 18.3. The minimum absolute atomic E-state index is 0.208. The lowest BCUT2D eigenvalue weighted by molar-refractivity contribution is 0.340. The van der Waals surface area contributed by atoms with Crippen molar-refractivity contribution in [2.24, 2.45) is 0 Å². The Morgan fingerprint density at radius 1 is 1.06 bits per heavy atom. The molecule has 5 nitrogen and oxygen atoms in total. The standard InChI is InChI=1S/C26H21Cl2N3O2S/c1-2-32-18-9-7-17(8-10-18)31-25(24(30-26(31)34)21-5-3-4-14-29-21)23-13-12-22(33-23)19-11-6-16(27)15-20(19)28/h3-15,24-25H,2H2,1H3,(H,30,34)/t24-,25-/m0/s1. The number of thiocarbonyl (C=S) groups is 1. The number of rotatable bonds is 6. The first-order valence-electron chi connectivity index (χ1n) is 10.8. The predicted molar refractivity (Wildman–Crippen MR) is 140 cm³/mol. The van der Waals surface area contributed by atoms with Gasteiger partial charge in [-0.2, -0.15) is 0 Å². The molecule has 2 atom stereocenters. The van der Waals surface area contributed by atoms with Crippen LogP contribution in [0.15, 0.2) is 83.4 Å². The molecule has 1 fully saturated rings. The Morgan fingerprint density at radius 2 is 1.88 bits per heavy atom. The normalized spacial score (nSPS) is 17.6. The van der Waals surface area contributed by atoms with Gasteiger partial charge in [-0.05, 0) is 85.9 Å². The van der Waals surface area contributed by atoms with E-state index >= 15 is 0 Å². The summed E-state index contributed by atoms with van der Waals surface area (Å²) < 4.78 is 12.0. The Kier molecular flexibility index (Phi) is 6.46. The third-order valence-electron chi connectivity index (χ3n) is 5.64. The molecule has 0 radical (unpaired) electrons. The van der Waals surface area contributed by atoms with E-state index in [1.54, 1.807) is 18.3 Å². The highest BCUT2D eigenvalue weighted by Crippen LogP contribution is 2.43. The van der Waals surface area contributed by atoms with Gasteiger partial charge in [0.25, 0.3) is 0 Å². The van der Waals surface area contributed by atoms with E-state index in [4.69, 9.17) is 44.6 Å². The molecule has 0 bridgehead atoms. The molecule has 1 aliphatic rings. The maximum Gasteiger partial charge on any atom is 0.174 e. The van der Waals surface area contributed by atoms with Crippen LogP contribution < -0.4 is 15.0 Å². The summed E-state index contributed by atoms with van der Waals surface area (Å²) in [5.74, 6) is 2.19. The summed E-state index contributed by atoms with van der Waals surface area (Å²) in [6.07, 6.45) is 1.78. The van der Waals surface area contributed by atoms with Crippen molar-refractivity contribution < 1.29 is 9.15 Å². The maximum absolute atomic E-state index is 6.44. The second-order valence-electron chi connectivity index (χ2n) is 7.75. The molecule has 2 aromatic carbocycles. The molecule has 0 unspecified atom stereocenters. The van der Waals surface area contributed by atoms with Crippen LogP contribution in [0, 0.1) is 0 Å². The van der Waals surface area contributed by atoms with Crippen LogP contribution in [0.2, 0.25) is 10.0 Å². The number of ether oxygens (including phenoxy) is 1. The molecule has 2 aromatic heterocycles. The number of hydrogen-bond donors (Lipinski definition) is 1. The summed E-state index contributed by atoms with van der Waals surface area (Å²) in [5, 5.41) is 5.12. The quantitative estimate of drug-likeness (QED) is 0.276. The number of nitrogens with one attached hydrogen (secondary N) is 1. The van der Waals surface area contributed by atoms with E-state index in [1.807, 2.05) is 67.6 Å². The molecule has 8 heteroatoms. The SMILES string of the molecule is CCOc1ccc(N2C(=S)N[C@@H](c3ccccn3)[C@@H]2c2ccc(-c3ccc(Cl)cc3Cl)o2)cc1. The maximum atomic E-state index is 6.44. The van der Waals surface area contributed by atoms with E-state index in [0.717, 1.165) is 28.5 Å². The van der Waals surface area contributed by atoms with Gasteiger partial charge in [0.05, 0.1) is 23.4 Å². The summed E-state index contributed by atoms with van der Waals surface area (Å²) in [7, 11) is 0. The molecule has 34 heavy (non-hydrogen) atoms. The first kappa shape index (κ1) is 22.7. The number of nitrogens with zero attached hydrogens (tertiary/aromatic N) is 2. The van der Waals surface area contributed by atoms with Crippen molar-refractivity contribution in [3.05, 3.63) is 100 Å². The predicted octanol–water partition coefficient (Wildman–Crippen LogP) is 7.22. The van der Waals surface area contributed by atoms with Gasteiger partial charge in [-0.15, -0.1) is 0 Å². The van der Waals surface area contributed by atoms with Gasteiger partial charge in [0.15, 0.2) is 5.11 Å². The van der Waals surface area contributed by atoms with E-state index in [1.165, 1.54) is 0 Å². The van der Waals surface area contributed by atoms with Crippen LogP contribution in [-0.2, 0) is 0 Å². The third kappa shape index (κ3) is 4.37. The van der Waals surface area contributed by atoms with Gasteiger partial charge in [0.1, 0.15) is 23.3 Å². The number of aromatic nitrogens is 1. The Morgan fingerprint density at radius 3 is 2.59 bits per heavy atom. The zero-order valence-electron chi connectivity index (χ0n) is 18.2. The largest absolute Gasteiger partial charge is 0.494 e. The number of halogens is 2. The number of benzene rings is 2. The van der Waals surface area contributed by atoms with Crippen LogP contribution in [0.3, 0.4) is 0 Å². The summed E-state index contributed by atoms with van der Waals surface area (Å²) in [6, 6.07) is 22.4. The molecule has 5 rings (SSSR count). The van der Waals surface area contributed by atoms with Crippen molar-refractivity contribution in [2.75, 3.05) is 11.5 Å². The topological polar surface area (TPSA) is 50.5 Å². The van der Waals surface area contributed by atoms with Crippen molar-refractivity contribution in [1.82, 2.24) is 10.3 Å². The van der Waals surface area contributed by atoms with Crippen LogP contribution in [0.4, 0.5) is 5.69 Å². The van der Waals surface area contributed by atoms with Crippen molar-refractivity contribution in [1.29, 1.82) is 0 Å². The van der Waals surface area contributed by atoms with Crippen LogP contribution >= 0.6 is 35.4 Å². The Balaban J connectivity index is 1.57. The van der Waals surface area contributed by atoms with E-state index in [9.17, 15) is 0 Å². The molecule has 0 spiro atoms. The zero-order valence-corrected chi connectivity index (χ0v) is 20.6. The van der Waals surface area contributed by atoms with E-state index in [0.29, 0.717) is 27.5 Å². The van der Waals surface area contributed by atoms with Gasteiger partial charge in [-0.1, -0.05) is 29.3 Å². The minimum atomic E-state index is -0.264. The number of hydrogen-bond acceptors (Lipinski definition) is 4.